The van der Waals surface area contributed by atoms with Gasteiger partial charge in [0.1, 0.15) is 0 Å². The van der Waals surface area contributed by atoms with Crippen LogP contribution >= 0.6 is 24.0 Å². The van der Waals surface area contributed by atoms with Crippen LogP contribution in [0.1, 0.15) is 39.0 Å². The van der Waals surface area contributed by atoms with Gasteiger partial charge in [0.25, 0.3) is 0 Å². The Morgan fingerprint density at radius 1 is 1.17 bits per heavy atom. The highest BCUT2D eigenvalue weighted by Crippen LogP contribution is 2.32. The quantitative estimate of drug-likeness (QED) is 0.419. The van der Waals surface area contributed by atoms with Crippen molar-refractivity contribution in [2.45, 2.75) is 39.0 Å². The summed E-state index contributed by atoms with van der Waals surface area (Å²) in [6, 6.07) is 5.78. The number of ether oxygens (including phenoxy) is 2. The Balaban J connectivity index is 0.00000208. The number of guanidine groups is 1. The number of benzene rings is 1. The average Bonchev–Trinajstić information content (AvgIpc) is 2.79. The molecule has 1 saturated carbocycles. The molecule has 1 aliphatic heterocycles. The lowest BCUT2D eigenvalue weighted by atomic mass is 9.80. The smallest absolute Gasteiger partial charge is 0.193 e. The summed E-state index contributed by atoms with van der Waals surface area (Å²) < 4.78 is 11.3. The lowest BCUT2D eigenvalue weighted by Gasteiger charge is -2.27. The Morgan fingerprint density at radius 3 is 2.71 bits per heavy atom. The molecule has 1 aromatic carbocycles. The number of nitrogens with zero attached hydrogens (tertiary/aromatic N) is 1. The summed E-state index contributed by atoms with van der Waals surface area (Å²) in [6.45, 7) is 4.51. The van der Waals surface area contributed by atoms with Crippen LogP contribution in [0.3, 0.4) is 0 Å². The van der Waals surface area contributed by atoms with E-state index in [0.29, 0.717) is 25.1 Å². The standard InChI is InChI=1S/C18H27N3O2.HI/c1-13-5-2-3-6-14(13)12-20-18(19)21-15-7-8-16-17(11-15)23-10-4-9-22-16;/h7-8,11,13-14H,2-6,9-10,12H2,1H3,(H3,19,20,21);1H. The summed E-state index contributed by atoms with van der Waals surface area (Å²) in [6.07, 6.45) is 6.16. The van der Waals surface area contributed by atoms with E-state index in [4.69, 9.17) is 15.2 Å². The fraction of sp³-hybridized carbons (Fsp3) is 0.611. The summed E-state index contributed by atoms with van der Waals surface area (Å²) in [5.74, 6) is 3.43. The van der Waals surface area contributed by atoms with Crippen LogP contribution in [0.25, 0.3) is 0 Å². The Bertz CT molecular complexity index is 565. The van der Waals surface area contributed by atoms with E-state index in [1.54, 1.807) is 0 Å². The molecule has 2 atom stereocenters. The van der Waals surface area contributed by atoms with Crippen LogP contribution in [0.4, 0.5) is 5.69 Å². The van der Waals surface area contributed by atoms with Gasteiger partial charge in [-0.1, -0.05) is 26.2 Å². The van der Waals surface area contributed by atoms with Crippen molar-refractivity contribution in [1.29, 1.82) is 0 Å². The highest BCUT2D eigenvalue weighted by Gasteiger charge is 2.20. The summed E-state index contributed by atoms with van der Waals surface area (Å²) in [5.41, 5.74) is 6.92. The van der Waals surface area contributed by atoms with Crippen molar-refractivity contribution >= 4 is 35.6 Å². The largest absolute Gasteiger partial charge is 0.490 e. The Hall–Kier alpha value is -1.18. The molecule has 5 nitrogen and oxygen atoms in total. The van der Waals surface area contributed by atoms with E-state index in [9.17, 15) is 0 Å². The van der Waals surface area contributed by atoms with Gasteiger partial charge in [-0.25, -0.2) is 0 Å². The molecule has 0 bridgehead atoms. The van der Waals surface area contributed by atoms with E-state index in [0.717, 1.165) is 36.1 Å². The number of nitrogens with two attached hydrogens (primary N) is 1. The number of rotatable bonds is 3. The van der Waals surface area contributed by atoms with Crippen LogP contribution in [-0.4, -0.2) is 25.7 Å². The van der Waals surface area contributed by atoms with Gasteiger partial charge in [-0.2, -0.15) is 0 Å². The molecule has 134 valence electrons. The number of fused-ring (bicyclic) bond motifs is 1. The predicted molar refractivity (Wildman–Crippen MR) is 109 cm³/mol. The third-order valence-electron chi connectivity index (χ3n) is 4.81. The van der Waals surface area contributed by atoms with Gasteiger partial charge in [-0.15, -0.1) is 24.0 Å². The molecule has 0 saturated heterocycles. The molecule has 2 aliphatic rings. The summed E-state index contributed by atoms with van der Waals surface area (Å²) >= 11 is 0. The zero-order valence-electron chi connectivity index (χ0n) is 14.3. The highest BCUT2D eigenvalue weighted by atomic mass is 127. The molecule has 3 N–H and O–H groups in total. The van der Waals surface area contributed by atoms with Crippen LogP contribution in [0.15, 0.2) is 23.2 Å². The fourth-order valence-electron chi connectivity index (χ4n) is 3.31. The van der Waals surface area contributed by atoms with E-state index < -0.39 is 0 Å². The second-order valence-corrected chi connectivity index (χ2v) is 6.58. The summed E-state index contributed by atoms with van der Waals surface area (Å²) in [4.78, 5) is 4.54. The van der Waals surface area contributed by atoms with Gasteiger partial charge in [-0.3, -0.25) is 4.99 Å². The molecular formula is C18H28IN3O2. The zero-order valence-corrected chi connectivity index (χ0v) is 16.6. The maximum absolute atomic E-state index is 6.04. The van der Waals surface area contributed by atoms with Crippen molar-refractivity contribution in [3.8, 4) is 11.5 Å². The van der Waals surface area contributed by atoms with Gasteiger partial charge < -0.3 is 20.5 Å². The van der Waals surface area contributed by atoms with Crippen LogP contribution in [-0.2, 0) is 0 Å². The van der Waals surface area contributed by atoms with Gasteiger partial charge >= 0.3 is 0 Å². The van der Waals surface area contributed by atoms with Gasteiger partial charge in [0, 0.05) is 24.7 Å². The number of halogens is 1. The van der Waals surface area contributed by atoms with Gasteiger partial charge in [0.05, 0.1) is 13.2 Å². The maximum atomic E-state index is 6.04. The lowest BCUT2D eigenvalue weighted by molar-refractivity contribution is 0.264. The fourth-order valence-corrected chi connectivity index (χ4v) is 3.31. The molecule has 0 aromatic heterocycles. The molecular weight excluding hydrogens is 417 g/mol. The third-order valence-corrected chi connectivity index (χ3v) is 4.81. The molecule has 1 aromatic rings. The molecule has 24 heavy (non-hydrogen) atoms. The number of anilines is 1. The molecule has 0 spiro atoms. The molecule has 2 unspecified atom stereocenters. The minimum absolute atomic E-state index is 0. The minimum atomic E-state index is 0. The lowest BCUT2D eigenvalue weighted by Crippen LogP contribution is -2.26. The first kappa shape index (κ1) is 19.1. The second kappa shape index (κ2) is 9.34. The normalized spacial score (nSPS) is 23.8. The highest BCUT2D eigenvalue weighted by molar-refractivity contribution is 14.0. The van der Waals surface area contributed by atoms with Crippen LogP contribution in [0.5, 0.6) is 11.5 Å². The average molecular weight is 445 g/mol. The van der Waals surface area contributed by atoms with E-state index >= 15 is 0 Å². The molecule has 1 aliphatic carbocycles. The van der Waals surface area contributed by atoms with Crippen molar-refractivity contribution in [2.24, 2.45) is 22.6 Å². The van der Waals surface area contributed by atoms with E-state index in [-0.39, 0.29) is 24.0 Å². The summed E-state index contributed by atoms with van der Waals surface area (Å²) in [7, 11) is 0. The predicted octanol–water partition coefficient (Wildman–Crippen LogP) is 4.02. The number of aliphatic imine (C=N–C) groups is 1. The van der Waals surface area contributed by atoms with Crippen molar-refractivity contribution in [1.82, 2.24) is 0 Å². The van der Waals surface area contributed by atoms with Gasteiger partial charge in [0.2, 0.25) is 0 Å². The third kappa shape index (κ3) is 5.16. The molecule has 3 rings (SSSR count). The van der Waals surface area contributed by atoms with Crippen molar-refractivity contribution in [3.05, 3.63) is 18.2 Å². The molecule has 0 radical (unpaired) electrons. The molecule has 6 heteroatoms. The Morgan fingerprint density at radius 2 is 1.92 bits per heavy atom. The van der Waals surface area contributed by atoms with E-state index in [2.05, 4.69) is 17.2 Å². The Kier molecular flexibility index (Phi) is 7.45. The maximum Gasteiger partial charge on any atom is 0.193 e. The second-order valence-electron chi connectivity index (χ2n) is 6.58. The van der Waals surface area contributed by atoms with Crippen molar-refractivity contribution in [2.75, 3.05) is 25.1 Å². The van der Waals surface area contributed by atoms with Crippen LogP contribution in [0, 0.1) is 11.8 Å². The minimum Gasteiger partial charge on any atom is -0.490 e. The first-order valence-electron chi connectivity index (χ1n) is 8.69. The van der Waals surface area contributed by atoms with Crippen LogP contribution in [0.2, 0.25) is 0 Å². The first-order chi connectivity index (χ1) is 11.2. The zero-order chi connectivity index (χ0) is 16.1. The SMILES string of the molecule is CC1CCCCC1CN=C(N)Nc1ccc2c(c1)OCCCO2.I. The van der Waals surface area contributed by atoms with Crippen molar-refractivity contribution in [3.63, 3.8) is 0 Å². The monoisotopic (exact) mass is 445 g/mol. The molecule has 0 amide bonds. The summed E-state index contributed by atoms with van der Waals surface area (Å²) in [5, 5.41) is 3.16. The molecule has 1 fully saturated rings. The van der Waals surface area contributed by atoms with E-state index in [1.807, 2.05) is 18.2 Å². The topological polar surface area (TPSA) is 68.9 Å². The number of hydrogen-bond acceptors (Lipinski definition) is 3. The van der Waals surface area contributed by atoms with Gasteiger partial charge in [-0.05, 0) is 30.4 Å². The first-order valence-corrected chi connectivity index (χ1v) is 8.69. The number of hydrogen-bond donors (Lipinski definition) is 2. The van der Waals surface area contributed by atoms with Gasteiger partial charge in [0.15, 0.2) is 17.5 Å². The van der Waals surface area contributed by atoms with Crippen LogP contribution < -0.4 is 20.5 Å². The van der Waals surface area contributed by atoms with E-state index in [1.165, 1.54) is 25.7 Å². The van der Waals surface area contributed by atoms with Crippen molar-refractivity contribution < 1.29 is 9.47 Å². The molecule has 1 heterocycles. The Labute approximate surface area is 161 Å². The number of nitrogens with one attached hydrogen (secondary N) is 1.